The molecule has 30 heavy (non-hydrogen) atoms. The first-order valence-electron chi connectivity index (χ1n) is 9.96. The quantitative estimate of drug-likeness (QED) is 0.655. The molecule has 1 atom stereocenters. The predicted molar refractivity (Wildman–Crippen MR) is 115 cm³/mol. The average Bonchev–Trinajstić information content (AvgIpc) is 3.43. The fourth-order valence-electron chi connectivity index (χ4n) is 3.75. The molecule has 0 bridgehead atoms. The van der Waals surface area contributed by atoms with E-state index in [0.717, 1.165) is 34.7 Å². The largest absolute Gasteiger partial charge is 0.376 e. The Morgan fingerprint density at radius 3 is 3.10 bits per heavy atom. The van der Waals surface area contributed by atoms with E-state index in [0.29, 0.717) is 30.2 Å². The van der Waals surface area contributed by atoms with E-state index < -0.39 is 0 Å². The van der Waals surface area contributed by atoms with Gasteiger partial charge in [-0.2, -0.15) is 0 Å². The Hall–Kier alpha value is -3.04. The third kappa shape index (κ3) is 3.73. The highest BCUT2D eigenvalue weighted by Gasteiger charge is 2.29. The summed E-state index contributed by atoms with van der Waals surface area (Å²) in [5.41, 5.74) is 1.95. The molecule has 2 aliphatic heterocycles. The second-order valence-electron chi connectivity index (χ2n) is 7.34. The van der Waals surface area contributed by atoms with E-state index in [1.807, 2.05) is 24.3 Å². The summed E-state index contributed by atoms with van der Waals surface area (Å²) in [6.45, 7) is 1.73. The van der Waals surface area contributed by atoms with Crippen molar-refractivity contribution in [2.45, 2.75) is 25.5 Å². The number of carbonyl (C=O) groups excluding carboxylic acids is 2. The van der Waals surface area contributed by atoms with Crippen LogP contribution in [-0.4, -0.2) is 47.6 Å². The van der Waals surface area contributed by atoms with Crippen LogP contribution in [0.4, 0.5) is 11.5 Å². The van der Waals surface area contributed by atoms with Crippen molar-refractivity contribution in [3.05, 3.63) is 47.1 Å². The number of aromatic nitrogens is 2. The summed E-state index contributed by atoms with van der Waals surface area (Å²) < 4.78 is 6.78. The van der Waals surface area contributed by atoms with Gasteiger partial charge in [-0.1, -0.05) is 12.1 Å². The van der Waals surface area contributed by atoms with Gasteiger partial charge in [0.1, 0.15) is 10.8 Å². The highest BCUT2D eigenvalue weighted by Crippen LogP contribution is 2.30. The number of benzene rings is 1. The number of anilines is 2. The lowest BCUT2D eigenvalue weighted by molar-refractivity contribution is -0.117. The van der Waals surface area contributed by atoms with E-state index >= 15 is 0 Å². The molecule has 0 radical (unpaired) electrons. The van der Waals surface area contributed by atoms with Crippen molar-refractivity contribution in [2.75, 3.05) is 29.9 Å². The van der Waals surface area contributed by atoms with Crippen LogP contribution in [0.2, 0.25) is 0 Å². The van der Waals surface area contributed by atoms with Crippen LogP contribution in [0.3, 0.4) is 0 Å². The van der Waals surface area contributed by atoms with Crippen LogP contribution in [0.5, 0.6) is 0 Å². The van der Waals surface area contributed by atoms with E-state index in [-0.39, 0.29) is 24.5 Å². The molecule has 1 saturated heterocycles. The summed E-state index contributed by atoms with van der Waals surface area (Å²) in [5.74, 6) is 0.307. The molecular formula is C21H21N5O3S. The molecule has 2 amide bonds. The molecule has 1 fully saturated rings. The summed E-state index contributed by atoms with van der Waals surface area (Å²) >= 11 is 1.56. The molecule has 2 aromatic heterocycles. The van der Waals surface area contributed by atoms with Gasteiger partial charge < -0.3 is 20.3 Å². The molecule has 2 N–H and O–H groups in total. The van der Waals surface area contributed by atoms with Gasteiger partial charge in [-0.25, -0.2) is 9.97 Å². The SMILES string of the molecule is O=C(NCc1nc2ccccc2s1)c1cnc2c(c1)N(CC1CCCO1)C(=O)CN2. The maximum atomic E-state index is 12.7. The first-order chi connectivity index (χ1) is 14.7. The Morgan fingerprint density at radius 2 is 2.27 bits per heavy atom. The fraction of sp³-hybridized carbons (Fsp3) is 0.333. The summed E-state index contributed by atoms with van der Waals surface area (Å²) in [5, 5.41) is 6.77. The molecule has 3 aromatic rings. The molecule has 5 rings (SSSR count). The van der Waals surface area contributed by atoms with Gasteiger partial charge in [0.25, 0.3) is 5.91 Å². The number of amides is 2. The summed E-state index contributed by atoms with van der Waals surface area (Å²) in [6.07, 6.45) is 3.49. The Morgan fingerprint density at radius 1 is 1.37 bits per heavy atom. The number of ether oxygens (including phenoxy) is 1. The minimum Gasteiger partial charge on any atom is -0.376 e. The van der Waals surface area contributed by atoms with E-state index in [1.165, 1.54) is 6.20 Å². The van der Waals surface area contributed by atoms with Gasteiger partial charge in [0, 0.05) is 12.8 Å². The monoisotopic (exact) mass is 423 g/mol. The molecule has 1 unspecified atom stereocenters. The molecule has 9 heteroatoms. The van der Waals surface area contributed by atoms with Crippen LogP contribution in [-0.2, 0) is 16.1 Å². The van der Waals surface area contributed by atoms with Crippen LogP contribution in [0.1, 0.15) is 28.2 Å². The lowest BCUT2D eigenvalue weighted by Gasteiger charge is -2.31. The van der Waals surface area contributed by atoms with Gasteiger partial charge in [0.2, 0.25) is 5.91 Å². The van der Waals surface area contributed by atoms with Crippen molar-refractivity contribution >= 4 is 44.9 Å². The van der Waals surface area contributed by atoms with Crippen LogP contribution in [0.25, 0.3) is 10.2 Å². The topological polar surface area (TPSA) is 96.5 Å². The fourth-order valence-corrected chi connectivity index (χ4v) is 4.66. The highest BCUT2D eigenvalue weighted by atomic mass is 32.1. The standard InChI is InChI=1S/C21H21N5O3S/c27-19-11-23-20-16(26(19)12-14-4-3-7-29-14)8-13(9-22-20)21(28)24-10-18-25-15-5-1-2-6-17(15)30-18/h1-2,5-6,8-9,14H,3-4,7,10-12H2,(H,22,23)(H,24,28). The van der Waals surface area contributed by atoms with Crippen molar-refractivity contribution in [1.82, 2.24) is 15.3 Å². The van der Waals surface area contributed by atoms with Gasteiger partial charge in [-0.05, 0) is 31.0 Å². The van der Waals surface area contributed by atoms with Crippen LogP contribution >= 0.6 is 11.3 Å². The second kappa shape index (κ2) is 8.00. The van der Waals surface area contributed by atoms with Crippen molar-refractivity contribution in [1.29, 1.82) is 0 Å². The highest BCUT2D eigenvalue weighted by molar-refractivity contribution is 7.18. The molecule has 4 heterocycles. The number of thiazole rings is 1. The lowest BCUT2D eigenvalue weighted by Crippen LogP contribution is -2.44. The number of nitrogens with zero attached hydrogens (tertiary/aromatic N) is 3. The molecule has 0 saturated carbocycles. The molecule has 154 valence electrons. The van der Waals surface area contributed by atoms with Crippen molar-refractivity contribution in [2.24, 2.45) is 0 Å². The number of fused-ring (bicyclic) bond motifs is 2. The van der Waals surface area contributed by atoms with Crippen molar-refractivity contribution < 1.29 is 14.3 Å². The molecule has 0 aliphatic carbocycles. The van der Waals surface area contributed by atoms with Crippen molar-refractivity contribution in [3.63, 3.8) is 0 Å². The summed E-state index contributed by atoms with van der Waals surface area (Å²) in [7, 11) is 0. The third-order valence-electron chi connectivity index (χ3n) is 5.28. The molecule has 8 nitrogen and oxygen atoms in total. The molecule has 0 spiro atoms. The van der Waals surface area contributed by atoms with Crippen molar-refractivity contribution in [3.8, 4) is 0 Å². The Kier molecular flexibility index (Phi) is 5.06. The van der Waals surface area contributed by atoms with E-state index in [1.54, 1.807) is 22.3 Å². The number of carbonyl (C=O) groups is 2. The normalized spacial score (nSPS) is 18.3. The Bertz CT molecular complexity index is 1080. The predicted octanol–water partition coefficient (Wildman–Crippen LogP) is 2.56. The smallest absolute Gasteiger partial charge is 0.253 e. The zero-order chi connectivity index (χ0) is 20.5. The minimum atomic E-state index is -0.250. The zero-order valence-corrected chi connectivity index (χ0v) is 17.1. The Labute approximate surface area is 177 Å². The first-order valence-corrected chi connectivity index (χ1v) is 10.8. The van der Waals surface area contributed by atoms with E-state index in [4.69, 9.17) is 4.74 Å². The van der Waals surface area contributed by atoms with E-state index in [2.05, 4.69) is 20.6 Å². The van der Waals surface area contributed by atoms with Gasteiger partial charge in [0.05, 0.1) is 47.2 Å². The van der Waals surface area contributed by atoms with Crippen LogP contribution < -0.4 is 15.5 Å². The van der Waals surface area contributed by atoms with Gasteiger partial charge in [0.15, 0.2) is 0 Å². The zero-order valence-electron chi connectivity index (χ0n) is 16.3. The lowest BCUT2D eigenvalue weighted by atomic mass is 10.1. The molecule has 1 aromatic carbocycles. The number of para-hydroxylation sites is 1. The number of hydrogen-bond donors (Lipinski definition) is 2. The maximum Gasteiger partial charge on any atom is 0.253 e. The number of hydrogen-bond acceptors (Lipinski definition) is 7. The maximum absolute atomic E-state index is 12.7. The minimum absolute atomic E-state index is 0.0245. The van der Waals surface area contributed by atoms with Gasteiger partial charge in [-0.15, -0.1) is 11.3 Å². The van der Waals surface area contributed by atoms with Gasteiger partial charge >= 0.3 is 0 Å². The Balaban J connectivity index is 1.32. The van der Waals surface area contributed by atoms with Gasteiger partial charge in [-0.3, -0.25) is 9.59 Å². The summed E-state index contributed by atoms with van der Waals surface area (Å²) in [4.78, 5) is 35.8. The van der Waals surface area contributed by atoms with Crippen LogP contribution in [0.15, 0.2) is 36.5 Å². The number of pyridine rings is 1. The third-order valence-corrected chi connectivity index (χ3v) is 6.31. The first kappa shape index (κ1) is 19.0. The number of nitrogens with one attached hydrogen (secondary N) is 2. The van der Waals surface area contributed by atoms with Crippen LogP contribution in [0, 0.1) is 0 Å². The average molecular weight is 423 g/mol. The molecular weight excluding hydrogens is 402 g/mol. The second-order valence-corrected chi connectivity index (χ2v) is 8.46. The van der Waals surface area contributed by atoms with E-state index in [9.17, 15) is 9.59 Å². The molecule has 2 aliphatic rings. The summed E-state index contributed by atoms with van der Waals surface area (Å²) in [6, 6.07) is 9.60. The number of rotatable bonds is 5.